The van der Waals surface area contributed by atoms with Gasteiger partial charge in [0, 0.05) is 11.1 Å². The van der Waals surface area contributed by atoms with Crippen LogP contribution >= 0.6 is 0 Å². The number of benzene rings is 3. The molecule has 4 aromatic rings. The third-order valence-corrected chi connectivity index (χ3v) is 5.53. The Kier molecular flexibility index (Phi) is 8.02. The van der Waals surface area contributed by atoms with Crippen LogP contribution in [0.1, 0.15) is 32.0 Å². The van der Waals surface area contributed by atoms with E-state index in [1.807, 2.05) is 30.3 Å². The van der Waals surface area contributed by atoms with Gasteiger partial charge in [0.25, 0.3) is 5.91 Å². The summed E-state index contributed by atoms with van der Waals surface area (Å²) in [7, 11) is 4.38. The van der Waals surface area contributed by atoms with Crippen molar-refractivity contribution in [3.63, 3.8) is 0 Å². The van der Waals surface area contributed by atoms with Crippen LogP contribution in [-0.4, -0.2) is 44.6 Å². The lowest BCUT2D eigenvalue weighted by Gasteiger charge is -2.14. The maximum absolute atomic E-state index is 12.9. The summed E-state index contributed by atoms with van der Waals surface area (Å²) in [5.74, 6) is 0.429. The normalized spacial score (nSPS) is 10.7. The van der Waals surface area contributed by atoms with Crippen molar-refractivity contribution in [1.82, 2.24) is 10.6 Å². The van der Waals surface area contributed by atoms with E-state index < -0.39 is 11.9 Å². The molecule has 1 heterocycles. The van der Waals surface area contributed by atoms with Crippen molar-refractivity contribution in [3.05, 3.63) is 89.2 Å². The summed E-state index contributed by atoms with van der Waals surface area (Å²) in [6, 6.07) is 18.9. The van der Waals surface area contributed by atoms with Crippen LogP contribution in [0.2, 0.25) is 0 Å². The zero-order valence-electron chi connectivity index (χ0n) is 21.2. The number of para-hydroxylation sites is 1. The molecule has 3 aromatic carbocycles. The molecular formula is C28H25N3O7. The third kappa shape index (κ3) is 5.49. The molecule has 0 saturated heterocycles. The van der Waals surface area contributed by atoms with E-state index in [-0.39, 0.29) is 16.9 Å². The van der Waals surface area contributed by atoms with Crippen LogP contribution < -0.4 is 24.4 Å². The number of rotatable bonds is 9. The molecule has 38 heavy (non-hydrogen) atoms. The Morgan fingerprint density at radius 3 is 2.21 bits per heavy atom. The highest BCUT2D eigenvalue weighted by atomic mass is 16.5. The molecule has 0 bridgehead atoms. The highest BCUT2D eigenvalue weighted by Gasteiger charge is 2.22. The Balaban J connectivity index is 1.52. The minimum absolute atomic E-state index is 0.191. The molecule has 1 N–H and O–H groups in total. The van der Waals surface area contributed by atoms with Crippen molar-refractivity contribution < 1.29 is 33.1 Å². The number of methoxy groups -OCH3 is 3. The van der Waals surface area contributed by atoms with Gasteiger partial charge in [0.2, 0.25) is 5.75 Å². The van der Waals surface area contributed by atoms with Crippen molar-refractivity contribution in [2.75, 3.05) is 21.3 Å². The number of amides is 1. The first-order valence-corrected chi connectivity index (χ1v) is 11.4. The van der Waals surface area contributed by atoms with Gasteiger partial charge in [0.1, 0.15) is 22.8 Å². The fraction of sp³-hybridized carbons (Fsp3) is 0.143. The Labute approximate surface area is 218 Å². The van der Waals surface area contributed by atoms with E-state index >= 15 is 0 Å². The van der Waals surface area contributed by atoms with Gasteiger partial charge >= 0.3 is 5.97 Å². The second kappa shape index (κ2) is 11.7. The van der Waals surface area contributed by atoms with Gasteiger partial charge in [-0.1, -0.05) is 47.6 Å². The van der Waals surface area contributed by atoms with Crippen molar-refractivity contribution in [2.24, 2.45) is 5.10 Å². The molecule has 1 aromatic heterocycles. The Morgan fingerprint density at radius 2 is 1.55 bits per heavy atom. The first-order chi connectivity index (χ1) is 18.5. The molecule has 10 nitrogen and oxygen atoms in total. The number of hydrogen-bond donors (Lipinski definition) is 1. The number of nitrogens with one attached hydrogen (secondary N) is 1. The quantitative estimate of drug-likeness (QED) is 0.148. The van der Waals surface area contributed by atoms with Crippen LogP contribution in [0.3, 0.4) is 0 Å². The zero-order valence-corrected chi connectivity index (χ0v) is 21.2. The maximum Gasteiger partial charge on any atom is 0.343 e. The summed E-state index contributed by atoms with van der Waals surface area (Å²) in [5, 5.41) is 8.06. The fourth-order valence-corrected chi connectivity index (χ4v) is 3.69. The lowest BCUT2D eigenvalue weighted by Crippen LogP contribution is -2.19. The van der Waals surface area contributed by atoms with E-state index in [2.05, 4.69) is 15.7 Å². The van der Waals surface area contributed by atoms with Gasteiger partial charge < -0.3 is 23.5 Å². The lowest BCUT2D eigenvalue weighted by molar-refractivity contribution is 0.0733. The highest BCUT2D eigenvalue weighted by Crippen LogP contribution is 2.38. The third-order valence-electron chi connectivity index (χ3n) is 5.53. The Morgan fingerprint density at radius 1 is 0.895 bits per heavy atom. The van der Waals surface area contributed by atoms with Crippen LogP contribution in [-0.2, 0) is 0 Å². The molecule has 10 heteroatoms. The summed E-state index contributed by atoms with van der Waals surface area (Å²) in [6.45, 7) is 1.65. The van der Waals surface area contributed by atoms with Gasteiger partial charge in [0.05, 0.1) is 33.1 Å². The predicted octanol–water partition coefficient (Wildman–Crippen LogP) is 4.66. The van der Waals surface area contributed by atoms with Crippen molar-refractivity contribution in [3.8, 4) is 34.3 Å². The molecule has 1 amide bonds. The monoisotopic (exact) mass is 515 g/mol. The van der Waals surface area contributed by atoms with Crippen molar-refractivity contribution in [1.29, 1.82) is 0 Å². The molecule has 0 aliphatic carbocycles. The average molecular weight is 516 g/mol. The van der Waals surface area contributed by atoms with Crippen LogP contribution in [0.5, 0.6) is 23.0 Å². The van der Waals surface area contributed by atoms with Gasteiger partial charge in [-0.15, -0.1) is 0 Å². The Hall–Kier alpha value is -5.12. The van der Waals surface area contributed by atoms with E-state index in [4.69, 9.17) is 23.5 Å². The second-order valence-electron chi connectivity index (χ2n) is 7.87. The molecule has 0 saturated carbocycles. The highest BCUT2D eigenvalue weighted by molar-refractivity contribution is 6.01. The number of aromatic nitrogens is 1. The first kappa shape index (κ1) is 26.0. The molecule has 194 valence electrons. The van der Waals surface area contributed by atoms with Crippen LogP contribution in [0, 0.1) is 6.92 Å². The number of nitrogens with zero attached hydrogens (tertiary/aromatic N) is 2. The van der Waals surface area contributed by atoms with Crippen LogP contribution in [0.25, 0.3) is 11.3 Å². The first-order valence-electron chi connectivity index (χ1n) is 11.4. The minimum atomic E-state index is -0.651. The number of carbonyl (C=O) groups excluding carboxylic acids is 2. The summed E-state index contributed by atoms with van der Waals surface area (Å²) < 4.78 is 26.8. The minimum Gasteiger partial charge on any atom is -0.493 e. The largest absolute Gasteiger partial charge is 0.493 e. The number of carbonyl (C=O) groups is 2. The number of esters is 1. The lowest BCUT2D eigenvalue weighted by atomic mass is 10.1. The van der Waals surface area contributed by atoms with Gasteiger partial charge in [-0.25, -0.2) is 10.2 Å². The van der Waals surface area contributed by atoms with Crippen LogP contribution in [0.4, 0.5) is 0 Å². The molecule has 0 atom stereocenters. The van der Waals surface area contributed by atoms with Gasteiger partial charge in [-0.3, -0.25) is 4.79 Å². The molecule has 0 aliphatic rings. The van der Waals surface area contributed by atoms with Gasteiger partial charge in [-0.05, 0) is 31.2 Å². The molecule has 4 rings (SSSR count). The molecule has 0 aliphatic heterocycles. The average Bonchev–Trinajstić information content (AvgIpc) is 3.34. The van der Waals surface area contributed by atoms with E-state index in [1.165, 1.54) is 39.7 Å². The topological polar surface area (TPSA) is 121 Å². The molecule has 0 unspecified atom stereocenters. The fourth-order valence-electron chi connectivity index (χ4n) is 3.69. The standard InChI is InChI=1S/C28H25N3O7/c1-17-24(25(31-38-17)18-10-6-5-7-11-18)27(32)30-29-16-19-12-8-9-13-21(19)37-28(33)20-14-22(34-2)26(36-4)23(15-20)35-3/h5-16H,1-4H3,(H,30,32)/b29-16+. The molecule has 0 spiro atoms. The zero-order chi connectivity index (χ0) is 27.1. The number of ether oxygens (including phenoxy) is 4. The summed E-state index contributed by atoms with van der Waals surface area (Å²) in [6.07, 6.45) is 1.38. The molecule has 0 radical (unpaired) electrons. The molecular weight excluding hydrogens is 490 g/mol. The smallest absolute Gasteiger partial charge is 0.343 e. The summed E-state index contributed by atoms with van der Waals surface area (Å²) in [5.41, 5.74) is 4.56. The van der Waals surface area contributed by atoms with Crippen molar-refractivity contribution in [2.45, 2.75) is 6.92 Å². The van der Waals surface area contributed by atoms with Gasteiger partial charge in [-0.2, -0.15) is 5.10 Å². The van der Waals surface area contributed by atoms with Crippen molar-refractivity contribution >= 4 is 18.1 Å². The SMILES string of the molecule is COc1cc(C(=O)Oc2ccccc2/C=N/NC(=O)c2c(-c3ccccc3)noc2C)cc(OC)c1OC. The predicted molar refractivity (Wildman–Crippen MR) is 139 cm³/mol. The number of aryl methyl sites for hydroxylation is 1. The van der Waals surface area contributed by atoms with E-state index in [0.717, 1.165) is 5.56 Å². The van der Waals surface area contributed by atoms with E-state index in [9.17, 15) is 9.59 Å². The van der Waals surface area contributed by atoms with Gasteiger partial charge in [0.15, 0.2) is 11.5 Å². The summed E-state index contributed by atoms with van der Waals surface area (Å²) in [4.78, 5) is 25.8. The van der Waals surface area contributed by atoms with Crippen LogP contribution in [0.15, 0.2) is 76.4 Å². The maximum atomic E-state index is 12.9. The molecule has 0 fully saturated rings. The Bertz CT molecular complexity index is 1450. The van der Waals surface area contributed by atoms with E-state index in [0.29, 0.717) is 34.3 Å². The number of hydrogen-bond acceptors (Lipinski definition) is 9. The van der Waals surface area contributed by atoms with E-state index in [1.54, 1.807) is 31.2 Å². The summed E-state index contributed by atoms with van der Waals surface area (Å²) >= 11 is 0. The second-order valence-corrected chi connectivity index (χ2v) is 7.87. The number of hydrazone groups is 1.